The number of aryl methyl sites for hydroxylation is 1. The second-order valence-corrected chi connectivity index (χ2v) is 11.9. The van der Waals surface area contributed by atoms with Crippen LogP contribution in [0.2, 0.25) is 0 Å². The molecule has 1 aliphatic carbocycles. The van der Waals surface area contributed by atoms with Gasteiger partial charge in [-0.25, -0.2) is 4.98 Å². The van der Waals surface area contributed by atoms with Gasteiger partial charge in [-0.15, -0.1) is 11.3 Å². The number of aromatic nitrogens is 2. The quantitative estimate of drug-likeness (QED) is 0.214. The van der Waals surface area contributed by atoms with Crippen LogP contribution in [0.3, 0.4) is 0 Å². The highest BCUT2D eigenvalue weighted by Crippen LogP contribution is 2.42. The zero-order valence-electron chi connectivity index (χ0n) is 19.2. The minimum atomic E-state index is 0.110. The molecule has 2 aromatic heterocycles. The van der Waals surface area contributed by atoms with Crippen molar-refractivity contribution in [3.05, 3.63) is 51.1 Å². The summed E-state index contributed by atoms with van der Waals surface area (Å²) in [6, 6.07) is 10.0. The Hall–Kier alpha value is -1.59. The second-order valence-electron chi connectivity index (χ2n) is 9.77. The van der Waals surface area contributed by atoms with E-state index in [0.29, 0.717) is 11.3 Å². The lowest BCUT2D eigenvalue weighted by Crippen LogP contribution is -2.27. The SMILES string of the molecule is CCCCCCSc1nc2sc3c(c2c(=O)n1-c1ccccc1)CCC(C(C)(C)C)C3. The van der Waals surface area contributed by atoms with Gasteiger partial charge >= 0.3 is 0 Å². The van der Waals surface area contributed by atoms with Crippen molar-refractivity contribution in [3.8, 4) is 5.69 Å². The fourth-order valence-electron chi connectivity index (χ4n) is 4.54. The molecule has 1 aliphatic rings. The third-order valence-electron chi connectivity index (χ3n) is 6.52. The van der Waals surface area contributed by atoms with Crippen LogP contribution >= 0.6 is 23.1 Å². The summed E-state index contributed by atoms with van der Waals surface area (Å²) in [6.07, 6.45) is 8.13. The van der Waals surface area contributed by atoms with Crippen LogP contribution in [0.4, 0.5) is 0 Å². The number of para-hydroxylation sites is 1. The third-order valence-corrected chi connectivity index (χ3v) is 8.69. The molecule has 1 aromatic carbocycles. The Morgan fingerprint density at radius 1 is 1.16 bits per heavy atom. The van der Waals surface area contributed by atoms with Crippen molar-refractivity contribution >= 4 is 33.3 Å². The van der Waals surface area contributed by atoms with E-state index in [4.69, 9.17) is 4.98 Å². The van der Waals surface area contributed by atoms with Crippen LogP contribution in [0.1, 0.15) is 70.2 Å². The van der Waals surface area contributed by atoms with Crippen LogP contribution in [-0.4, -0.2) is 15.3 Å². The Labute approximate surface area is 194 Å². The molecular formula is C26H34N2OS2. The molecule has 0 bridgehead atoms. The summed E-state index contributed by atoms with van der Waals surface area (Å²) in [7, 11) is 0. The normalized spacial score (nSPS) is 16.6. The number of thioether (sulfide) groups is 1. The van der Waals surface area contributed by atoms with E-state index < -0.39 is 0 Å². The lowest BCUT2D eigenvalue weighted by molar-refractivity contribution is 0.218. The summed E-state index contributed by atoms with van der Waals surface area (Å²) < 4.78 is 1.86. The summed E-state index contributed by atoms with van der Waals surface area (Å²) in [4.78, 5) is 21.2. The molecule has 3 nitrogen and oxygen atoms in total. The predicted octanol–water partition coefficient (Wildman–Crippen LogP) is 7.27. The Kier molecular flexibility index (Phi) is 6.92. The first-order valence-corrected chi connectivity index (χ1v) is 13.5. The lowest BCUT2D eigenvalue weighted by Gasteiger charge is -2.33. The van der Waals surface area contributed by atoms with Crippen molar-refractivity contribution in [1.29, 1.82) is 0 Å². The fourth-order valence-corrected chi connectivity index (χ4v) is 6.89. The van der Waals surface area contributed by atoms with Crippen molar-refractivity contribution in [2.75, 3.05) is 5.75 Å². The van der Waals surface area contributed by atoms with Crippen molar-refractivity contribution < 1.29 is 0 Å². The first kappa shape index (κ1) is 22.6. The van der Waals surface area contributed by atoms with Crippen LogP contribution in [0.5, 0.6) is 0 Å². The van der Waals surface area contributed by atoms with Gasteiger partial charge in [0, 0.05) is 10.6 Å². The third kappa shape index (κ3) is 4.78. The Bertz CT molecular complexity index is 1090. The van der Waals surface area contributed by atoms with Crippen LogP contribution < -0.4 is 5.56 Å². The molecule has 3 aromatic rings. The van der Waals surface area contributed by atoms with E-state index in [1.165, 1.54) is 29.7 Å². The van der Waals surface area contributed by atoms with Gasteiger partial charge in [-0.1, -0.05) is 76.9 Å². The highest BCUT2D eigenvalue weighted by Gasteiger charge is 2.32. The van der Waals surface area contributed by atoms with E-state index in [2.05, 4.69) is 27.7 Å². The van der Waals surface area contributed by atoms with Gasteiger partial charge in [0.05, 0.1) is 11.1 Å². The van der Waals surface area contributed by atoms with Crippen molar-refractivity contribution in [2.24, 2.45) is 11.3 Å². The van der Waals surface area contributed by atoms with Gasteiger partial charge < -0.3 is 0 Å². The first-order chi connectivity index (χ1) is 14.9. The molecule has 0 aliphatic heterocycles. The molecule has 4 rings (SSSR count). The molecule has 1 atom stereocenters. The first-order valence-electron chi connectivity index (χ1n) is 11.7. The smallest absolute Gasteiger partial charge is 0.267 e. The van der Waals surface area contributed by atoms with E-state index >= 15 is 0 Å². The zero-order valence-corrected chi connectivity index (χ0v) is 20.9. The molecule has 166 valence electrons. The predicted molar refractivity (Wildman–Crippen MR) is 135 cm³/mol. The van der Waals surface area contributed by atoms with E-state index in [9.17, 15) is 4.79 Å². The molecule has 1 unspecified atom stereocenters. The highest BCUT2D eigenvalue weighted by atomic mass is 32.2. The molecule has 2 heterocycles. The van der Waals surface area contributed by atoms with Crippen molar-refractivity contribution in [3.63, 3.8) is 0 Å². The molecule has 31 heavy (non-hydrogen) atoms. The molecule has 5 heteroatoms. The van der Waals surface area contributed by atoms with E-state index in [1.807, 2.05) is 34.9 Å². The van der Waals surface area contributed by atoms with Gasteiger partial charge in [0.25, 0.3) is 5.56 Å². The summed E-state index contributed by atoms with van der Waals surface area (Å²) in [5, 5.41) is 1.71. The number of hydrogen-bond acceptors (Lipinski definition) is 4. The minimum absolute atomic E-state index is 0.110. The Balaban J connectivity index is 1.77. The zero-order chi connectivity index (χ0) is 22.0. The molecule has 0 fully saturated rings. The standard InChI is InChI=1S/C26H34N2OS2/c1-5-6-7-11-16-30-25-27-23-22(24(29)28(25)19-12-9-8-10-13-19)20-15-14-18(26(2,3)4)17-21(20)31-23/h8-10,12-13,18H,5-7,11,14-17H2,1-4H3. The van der Waals surface area contributed by atoms with Gasteiger partial charge in [-0.05, 0) is 54.7 Å². The van der Waals surface area contributed by atoms with Gasteiger partial charge in [0.15, 0.2) is 5.16 Å². The highest BCUT2D eigenvalue weighted by molar-refractivity contribution is 7.99. The van der Waals surface area contributed by atoms with E-state index in [0.717, 1.165) is 52.5 Å². The molecular weight excluding hydrogens is 420 g/mol. The Morgan fingerprint density at radius 3 is 2.65 bits per heavy atom. The van der Waals surface area contributed by atoms with E-state index in [-0.39, 0.29) is 5.56 Å². The Morgan fingerprint density at radius 2 is 1.94 bits per heavy atom. The molecule has 0 spiro atoms. The summed E-state index contributed by atoms with van der Waals surface area (Å²) in [6.45, 7) is 9.25. The monoisotopic (exact) mass is 454 g/mol. The molecule has 0 radical (unpaired) electrons. The topological polar surface area (TPSA) is 34.9 Å². The molecule has 0 N–H and O–H groups in total. The van der Waals surface area contributed by atoms with E-state index in [1.54, 1.807) is 23.1 Å². The van der Waals surface area contributed by atoms with Gasteiger partial charge in [0.1, 0.15) is 4.83 Å². The second kappa shape index (κ2) is 9.50. The maximum absolute atomic E-state index is 13.8. The summed E-state index contributed by atoms with van der Waals surface area (Å²) in [5.74, 6) is 1.67. The molecule has 0 amide bonds. The van der Waals surface area contributed by atoms with Gasteiger partial charge in [-0.2, -0.15) is 0 Å². The molecule has 0 saturated carbocycles. The van der Waals surface area contributed by atoms with Gasteiger partial charge in [-0.3, -0.25) is 9.36 Å². The number of rotatable bonds is 7. The number of unbranched alkanes of at least 4 members (excludes halogenated alkanes) is 3. The number of hydrogen-bond donors (Lipinski definition) is 0. The average molecular weight is 455 g/mol. The lowest BCUT2D eigenvalue weighted by atomic mass is 9.72. The van der Waals surface area contributed by atoms with Crippen LogP contribution in [0.25, 0.3) is 15.9 Å². The summed E-state index contributed by atoms with van der Waals surface area (Å²) in [5.41, 5.74) is 2.59. The van der Waals surface area contributed by atoms with Crippen LogP contribution in [0.15, 0.2) is 40.3 Å². The van der Waals surface area contributed by atoms with Crippen molar-refractivity contribution in [2.45, 2.75) is 77.8 Å². The van der Waals surface area contributed by atoms with Crippen molar-refractivity contribution in [1.82, 2.24) is 9.55 Å². The number of nitrogens with zero attached hydrogens (tertiary/aromatic N) is 2. The maximum atomic E-state index is 13.8. The minimum Gasteiger partial charge on any atom is -0.268 e. The summed E-state index contributed by atoms with van der Waals surface area (Å²) >= 11 is 3.49. The van der Waals surface area contributed by atoms with Crippen LogP contribution in [0, 0.1) is 11.3 Å². The van der Waals surface area contributed by atoms with Crippen LogP contribution in [-0.2, 0) is 12.8 Å². The fraction of sp³-hybridized carbons (Fsp3) is 0.538. The number of benzene rings is 1. The molecule has 0 saturated heterocycles. The maximum Gasteiger partial charge on any atom is 0.267 e. The number of thiophene rings is 1. The average Bonchev–Trinajstić information content (AvgIpc) is 3.11. The van der Waals surface area contributed by atoms with Gasteiger partial charge in [0.2, 0.25) is 0 Å². The largest absolute Gasteiger partial charge is 0.268 e. The number of fused-ring (bicyclic) bond motifs is 3.